The summed E-state index contributed by atoms with van der Waals surface area (Å²) in [5.74, 6) is -0.0249. The van der Waals surface area contributed by atoms with Crippen molar-refractivity contribution in [2.45, 2.75) is 19.0 Å². The van der Waals surface area contributed by atoms with Crippen LogP contribution in [0.4, 0.5) is 22.4 Å². The van der Waals surface area contributed by atoms with Crippen LogP contribution in [0.3, 0.4) is 0 Å². The highest BCUT2D eigenvalue weighted by molar-refractivity contribution is 6.09. The largest absolute Gasteiger partial charge is 0.368 e. The van der Waals surface area contributed by atoms with Gasteiger partial charge >= 0.3 is 6.03 Å². The lowest BCUT2D eigenvalue weighted by molar-refractivity contribution is -0.130. The molecule has 0 spiro atoms. The van der Waals surface area contributed by atoms with Crippen molar-refractivity contribution < 1.29 is 9.59 Å². The fraction of sp³-hybridized carbons (Fsp3) is 0.115. The minimum absolute atomic E-state index is 0.0180. The molecule has 9 heteroatoms. The second-order valence-corrected chi connectivity index (χ2v) is 8.18. The number of nitrogens with one attached hydrogen (secondary N) is 2. The Morgan fingerprint density at radius 1 is 0.857 bits per heavy atom. The van der Waals surface area contributed by atoms with Crippen LogP contribution in [0.15, 0.2) is 84.9 Å². The number of urea groups is 1. The number of aromatic nitrogens is 3. The van der Waals surface area contributed by atoms with Crippen LogP contribution in [0.2, 0.25) is 0 Å². The first-order valence-corrected chi connectivity index (χ1v) is 11.1. The number of para-hydroxylation sites is 1. The Labute approximate surface area is 202 Å². The SMILES string of the molecule is Cc1ccccc1Nc1nc(N)nc(CN2C(=O)NC(c3ccccc3)(c3ccccc3)C2=O)n1. The first-order valence-electron chi connectivity index (χ1n) is 11.1. The predicted octanol–water partition coefficient (Wildman–Crippen LogP) is 3.50. The second-order valence-electron chi connectivity index (χ2n) is 8.18. The van der Waals surface area contributed by atoms with Crippen LogP contribution in [0.5, 0.6) is 0 Å². The summed E-state index contributed by atoms with van der Waals surface area (Å²) in [7, 11) is 0. The fourth-order valence-corrected chi connectivity index (χ4v) is 4.19. The van der Waals surface area contributed by atoms with Gasteiger partial charge in [0, 0.05) is 5.69 Å². The summed E-state index contributed by atoms with van der Waals surface area (Å²) in [6.45, 7) is 1.79. The molecule has 1 fully saturated rings. The molecule has 0 unspecified atom stereocenters. The molecular formula is C26H23N7O2. The molecule has 1 aliphatic heterocycles. The zero-order valence-electron chi connectivity index (χ0n) is 19.0. The molecular weight excluding hydrogens is 442 g/mol. The van der Waals surface area contributed by atoms with Gasteiger partial charge in [0.15, 0.2) is 11.4 Å². The Bertz CT molecular complexity index is 1350. The van der Waals surface area contributed by atoms with E-state index in [0.717, 1.165) is 16.2 Å². The van der Waals surface area contributed by atoms with Gasteiger partial charge < -0.3 is 16.4 Å². The molecule has 0 radical (unpaired) electrons. The third kappa shape index (κ3) is 4.04. The topological polar surface area (TPSA) is 126 Å². The van der Waals surface area contributed by atoms with Crippen molar-refractivity contribution in [2.24, 2.45) is 0 Å². The van der Waals surface area contributed by atoms with Crippen LogP contribution in [-0.4, -0.2) is 31.8 Å². The number of rotatable bonds is 6. The molecule has 174 valence electrons. The third-order valence-electron chi connectivity index (χ3n) is 5.91. The zero-order chi connectivity index (χ0) is 24.4. The van der Waals surface area contributed by atoms with E-state index < -0.39 is 17.5 Å². The fourth-order valence-electron chi connectivity index (χ4n) is 4.19. The average molecular weight is 466 g/mol. The molecule has 9 nitrogen and oxygen atoms in total. The number of carbonyl (C=O) groups is 2. The lowest BCUT2D eigenvalue weighted by Gasteiger charge is -2.28. The molecule has 0 aliphatic carbocycles. The number of aryl methyl sites for hydroxylation is 1. The summed E-state index contributed by atoms with van der Waals surface area (Å²) in [5.41, 5.74) is 7.69. The number of carbonyl (C=O) groups excluding carboxylic acids is 2. The summed E-state index contributed by atoms with van der Waals surface area (Å²) in [4.78, 5) is 40.8. The van der Waals surface area contributed by atoms with Gasteiger partial charge in [0.05, 0.1) is 6.54 Å². The summed E-state index contributed by atoms with van der Waals surface area (Å²) < 4.78 is 0. The number of imide groups is 1. The number of hydrogen-bond donors (Lipinski definition) is 3. The lowest BCUT2D eigenvalue weighted by atomic mass is 9.82. The van der Waals surface area contributed by atoms with E-state index in [-0.39, 0.29) is 24.3 Å². The average Bonchev–Trinajstić information content (AvgIpc) is 3.12. The Morgan fingerprint density at radius 2 is 1.46 bits per heavy atom. The Hall–Kier alpha value is -4.79. The molecule has 0 atom stereocenters. The minimum atomic E-state index is -1.36. The maximum Gasteiger partial charge on any atom is 0.325 e. The van der Waals surface area contributed by atoms with Crippen molar-refractivity contribution in [3.63, 3.8) is 0 Å². The first kappa shape index (κ1) is 22.0. The minimum Gasteiger partial charge on any atom is -0.368 e. The molecule has 1 aromatic heterocycles. The normalized spacial score (nSPS) is 14.6. The van der Waals surface area contributed by atoms with E-state index in [9.17, 15) is 9.59 Å². The number of benzene rings is 3. The number of anilines is 3. The van der Waals surface area contributed by atoms with Crippen molar-refractivity contribution >= 4 is 29.5 Å². The van der Waals surface area contributed by atoms with Gasteiger partial charge in [0.2, 0.25) is 11.9 Å². The van der Waals surface area contributed by atoms with Crippen molar-refractivity contribution in [1.82, 2.24) is 25.2 Å². The van der Waals surface area contributed by atoms with Crippen molar-refractivity contribution in [1.29, 1.82) is 0 Å². The van der Waals surface area contributed by atoms with E-state index in [1.165, 1.54) is 0 Å². The summed E-state index contributed by atoms with van der Waals surface area (Å²) in [6.07, 6.45) is 0. The lowest BCUT2D eigenvalue weighted by Crippen LogP contribution is -2.45. The van der Waals surface area contributed by atoms with Gasteiger partial charge in [-0.25, -0.2) is 4.79 Å². The van der Waals surface area contributed by atoms with Crippen molar-refractivity contribution in [2.75, 3.05) is 11.1 Å². The summed E-state index contributed by atoms with van der Waals surface area (Å²) in [5, 5.41) is 6.04. The van der Waals surface area contributed by atoms with Gasteiger partial charge in [-0.2, -0.15) is 15.0 Å². The molecule has 5 rings (SSSR count). The standard InChI is InChI=1S/C26H23N7O2/c1-17-10-8-9-15-20(17)28-24-30-21(29-23(27)31-24)16-33-22(34)26(32-25(33)35,18-11-4-2-5-12-18)19-13-6-3-7-14-19/h2-15H,16H2,1H3,(H,32,35)(H3,27,28,29,30,31). The smallest absolute Gasteiger partial charge is 0.325 e. The van der Waals surface area contributed by atoms with Crippen molar-refractivity contribution in [3.8, 4) is 0 Å². The first-order chi connectivity index (χ1) is 17.0. The molecule has 0 bridgehead atoms. The number of nitrogens with zero attached hydrogens (tertiary/aromatic N) is 4. The quantitative estimate of drug-likeness (QED) is 0.372. The molecule has 0 saturated carbocycles. The van der Waals surface area contributed by atoms with Crippen LogP contribution in [0, 0.1) is 6.92 Å². The van der Waals surface area contributed by atoms with E-state index in [1.807, 2.05) is 91.9 Å². The Kier molecular flexibility index (Phi) is 5.58. The summed E-state index contributed by atoms with van der Waals surface area (Å²) >= 11 is 0. The summed E-state index contributed by atoms with van der Waals surface area (Å²) in [6, 6.07) is 25.4. The molecule has 1 saturated heterocycles. The molecule has 3 aromatic carbocycles. The van der Waals surface area contributed by atoms with E-state index >= 15 is 0 Å². The molecule has 1 aliphatic rings. The van der Waals surface area contributed by atoms with Crippen LogP contribution in [0.25, 0.3) is 0 Å². The zero-order valence-corrected chi connectivity index (χ0v) is 19.0. The van der Waals surface area contributed by atoms with Crippen LogP contribution in [-0.2, 0) is 16.9 Å². The number of nitrogen functional groups attached to an aromatic ring is 1. The number of nitrogens with two attached hydrogens (primary N) is 1. The van der Waals surface area contributed by atoms with Crippen molar-refractivity contribution in [3.05, 3.63) is 107 Å². The van der Waals surface area contributed by atoms with Crippen LogP contribution in [0.1, 0.15) is 22.5 Å². The molecule has 4 aromatic rings. The molecule has 3 amide bonds. The van der Waals surface area contributed by atoms with Gasteiger partial charge in [-0.05, 0) is 29.7 Å². The monoisotopic (exact) mass is 465 g/mol. The van der Waals surface area contributed by atoms with Gasteiger partial charge in [-0.15, -0.1) is 0 Å². The van der Waals surface area contributed by atoms with Crippen LogP contribution >= 0.6 is 0 Å². The Balaban J connectivity index is 1.49. The maximum absolute atomic E-state index is 13.9. The maximum atomic E-state index is 13.9. The van der Waals surface area contributed by atoms with E-state index in [4.69, 9.17) is 5.73 Å². The predicted molar refractivity (Wildman–Crippen MR) is 131 cm³/mol. The van der Waals surface area contributed by atoms with Gasteiger partial charge in [0.25, 0.3) is 5.91 Å². The highest BCUT2D eigenvalue weighted by Gasteiger charge is 2.53. The third-order valence-corrected chi connectivity index (χ3v) is 5.91. The van der Waals surface area contributed by atoms with Gasteiger partial charge in [-0.1, -0.05) is 78.9 Å². The van der Waals surface area contributed by atoms with Crippen LogP contribution < -0.4 is 16.4 Å². The highest BCUT2D eigenvalue weighted by atomic mass is 16.2. The number of amides is 3. The second kappa shape index (κ2) is 8.86. The van der Waals surface area contributed by atoms with E-state index in [1.54, 1.807) is 0 Å². The van der Waals surface area contributed by atoms with E-state index in [0.29, 0.717) is 11.1 Å². The highest BCUT2D eigenvalue weighted by Crippen LogP contribution is 2.36. The van der Waals surface area contributed by atoms with E-state index in [2.05, 4.69) is 25.6 Å². The van der Waals surface area contributed by atoms with Gasteiger partial charge in [-0.3, -0.25) is 9.69 Å². The van der Waals surface area contributed by atoms with Gasteiger partial charge in [0.1, 0.15) is 0 Å². The molecule has 2 heterocycles. The number of hydrogen-bond acceptors (Lipinski definition) is 7. The molecule has 35 heavy (non-hydrogen) atoms. The Morgan fingerprint density at radius 3 is 2.09 bits per heavy atom. The molecule has 4 N–H and O–H groups in total.